The number of ether oxygens (including phenoxy) is 1. The second kappa shape index (κ2) is 8.91. The van der Waals surface area contributed by atoms with E-state index >= 15 is 0 Å². The second-order valence-corrected chi connectivity index (χ2v) is 7.75. The Labute approximate surface area is 162 Å². The minimum Gasteiger partial charge on any atom is -0.394 e. The monoisotopic (exact) mass is 403 g/mol. The first-order valence-electron chi connectivity index (χ1n) is 8.59. The first kappa shape index (κ1) is 19.9. The van der Waals surface area contributed by atoms with E-state index in [1.807, 2.05) is 6.07 Å². The molecular weight excluding hydrogens is 382 g/mol. The van der Waals surface area contributed by atoms with Gasteiger partial charge in [0.2, 0.25) is 10.0 Å². The Morgan fingerprint density at radius 1 is 1.18 bits per heavy atom. The minimum absolute atomic E-state index is 0.0396. The van der Waals surface area contributed by atoms with Gasteiger partial charge in [0.25, 0.3) is 0 Å². The molecule has 0 atom stereocenters. The van der Waals surface area contributed by atoms with Crippen LogP contribution in [0.1, 0.15) is 0 Å². The standard InChI is InChI=1S/C18H21N5O4S/c1-28(25,26)23-14-4-5-16-15(11-14)18(20-7-9-27-10-8-24)22-17(21-16)13-3-2-6-19-12-13/h2-6,11-12,23-24H,7-10H2,1H3,(H,20,21,22). The van der Waals surface area contributed by atoms with E-state index in [-0.39, 0.29) is 13.2 Å². The van der Waals surface area contributed by atoms with Crippen molar-refractivity contribution >= 4 is 32.4 Å². The normalized spacial score (nSPS) is 11.5. The van der Waals surface area contributed by atoms with E-state index < -0.39 is 10.0 Å². The van der Waals surface area contributed by atoms with Crippen LogP contribution in [0.5, 0.6) is 0 Å². The summed E-state index contributed by atoms with van der Waals surface area (Å²) in [6.45, 7) is 1.07. The molecule has 0 unspecified atom stereocenters. The number of benzene rings is 1. The number of pyridine rings is 1. The van der Waals surface area contributed by atoms with Crippen LogP contribution in [-0.4, -0.2) is 61.1 Å². The first-order chi connectivity index (χ1) is 13.5. The summed E-state index contributed by atoms with van der Waals surface area (Å²) < 4.78 is 30.8. The predicted molar refractivity (Wildman–Crippen MR) is 108 cm³/mol. The third-order valence-electron chi connectivity index (χ3n) is 3.69. The number of sulfonamides is 1. The van der Waals surface area contributed by atoms with Gasteiger partial charge in [-0.3, -0.25) is 9.71 Å². The van der Waals surface area contributed by atoms with Gasteiger partial charge in [-0.1, -0.05) is 0 Å². The summed E-state index contributed by atoms with van der Waals surface area (Å²) >= 11 is 0. The van der Waals surface area contributed by atoms with Crippen molar-refractivity contribution in [1.29, 1.82) is 0 Å². The van der Waals surface area contributed by atoms with Gasteiger partial charge >= 0.3 is 0 Å². The minimum atomic E-state index is -3.40. The molecule has 3 rings (SSSR count). The summed E-state index contributed by atoms with van der Waals surface area (Å²) in [7, 11) is -3.40. The van der Waals surface area contributed by atoms with Gasteiger partial charge in [0, 0.05) is 35.6 Å². The maximum Gasteiger partial charge on any atom is 0.229 e. The Kier molecular flexibility index (Phi) is 6.34. The predicted octanol–water partition coefficient (Wildman–Crippen LogP) is 1.48. The van der Waals surface area contributed by atoms with Crippen molar-refractivity contribution in [1.82, 2.24) is 15.0 Å². The van der Waals surface area contributed by atoms with E-state index in [1.54, 1.807) is 36.7 Å². The highest BCUT2D eigenvalue weighted by atomic mass is 32.2. The number of hydrogen-bond donors (Lipinski definition) is 3. The molecule has 2 aromatic heterocycles. The zero-order valence-corrected chi connectivity index (χ0v) is 16.1. The number of anilines is 2. The van der Waals surface area contributed by atoms with E-state index in [2.05, 4.69) is 25.0 Å². The SMILES string of the molecule is CS(=O)(=O)Nc1ccc2nc(-c3cccnc3)nc(NCCOCCO)c2c1. The van der Waals surface area contributed by atoms with Gasteiger partial charge < -0.3 is 15.2 Å². The highest BCUT2D eigenvalue weighted by Gasteiger charge is 2.11. The van der Waals surface area contributed by atoms with Crippen molar-refractivity contribution in [2.75, 3.05) is 42.7 Å². The molecular formula is C18H21N5O4S. The molecule has 2 heterocycles. The summed E-state index contributed by atoms with van der Waals surface area (Å²) in [5, 5.41) is 12.6. The van der Waals surface area contributed by atoms with Gasteiger partial charge in [0.15, 0.2) is 5.82 Å². The third-order valence-corrected chi connectivity index (χ3v) is 4.30. The molecule has 1 aromatic carbocycles. The molecule has 0 bridgehead atoms. The fraction of sp³-hybridized carbons (Fsp3) is 0.278. The molecule has 0 spiro atoms. The Morgan fingerprint density at radius 3 is 2.75 bits per heavy atom. The Bertz CT molecular complexity index is 1040. The molecule has 9 nitrogen and oxygen atoms in total. The Morgan fingerprint density at radius 2 is 2.04 bits per heavy atom. The summed E-state index contributed by atoms with van der Waals surface area (Å²) in [6.07, 6.45) is 4.44. The molecule has 0 amide bonds. The van der Waals surface area contributed by atoms with Gasteiger partial charge in [0.1, 0.15) is 5.82 Å². The van der Waals surface area contributed by atoms with Crippen LogP contribution in [0.15, 0.2) is 42.7 Å². The lowest BCUT2D eigenvalue weighted by Gasteiger charge is -2.12. The largest absolute Gasteiger partial charge is 0.394 e. The van der Waals surface area contributed by atoms with Gasteiger partial charge in [-0.05, 0) is 30.3 Å². The molecule has 3 N–H and O–H groups in total. The van der Waals surface area contributed by atoms with E-state index in [9.17, 15) is 8.42 Å². The number of nitrogens with one attached hydrogen (secondary N) is 2. The third kappa shape index (κ3) is 5.35. The van der Waals surface area contributed by atoms with E-state index in [0.29, 0.717) is 41.4 Å². The number of aliphatic hydroxyl groups is 1. The van der Waals surface area contributed by atoms with E-state index in [4.69, 9.17) is 9.84 Å². The summed E-state index contributed by atoms with van der Waals surface area (Å²) in [4.78, 5) is 13.3. The van der Waals surface area contributed by atoms with Crippen molar-refractivity contribution in [3.63, 3.8) is 0 Å². The van der Waals surface area contributed by atoms with Crippen LogP contribution < -0.4 is 10.0 Å². The molecule has 3 aromatic rings. The molecule has 0 saturated heterocycles. The summed E-state index contributed by atoms with van der Waals surface area (Å²) in [5.74, 6) is 1.05. The van der Waals surface area contributed by atoms with E-state index in [1.165, 1.54) is 0 Å². The highest BCUT2D eigenvalue weighted by molar-refractivity contribution is 7.92. The molecule has 0 radical (unpaired) electrons. The Balaban J connectivity index is 1.98. The van der Waals surface area contributed by atoms with Gasteiger partial charge in [-0.15, -0.1) is 0 Å². The fourth-order valence-corrected chi connectivity index (χ4v) is 3.13. The second-order valence-electron chi connectivity index (χ2n) is 6.01. The van der Waals surface area contributed by atoms with Crippen molar-refractivity contribution in [3.8, 4) is 11.4 Å². The van der Waals surface area contributed by atoms with Gasteiger partial charge in [-0.25, -0.2) is 18.4 Å². The maximum atomic E-state index is 11.5. The molecule has 0 fully saturated rings. The number of nitrogens with zero attached hydrogens (tertiary/aromatic N) is 3. The van der Waals surface area contributed by atoms with Crippen LogP contribution >= 0.6 is 0 Å². The molecule has 28 heavy (non-hydrogen) atoms. The van der Waals surface area contributed by atoms with Gasteiger partial charge in [-0.2, -0.15) is 0 Å². The summed E-state index contributed by atoms with van der Waals surface area (Å²) in [5.41, 5.74) is 1.85. The maximum absolute atomic E-state index is 11.5. The van der Waals surface area contributed by atoms with Crippen LogP contribution in [0, 0.1) is 0 Å². The van der Waals surface area contributed by atoms with Crippen molar-refractivity contribution < 1.29 is 18.3 Å². The fourth-order valence-electron chi connectivity index (χ4n) is 2.57. The van der Waals surface area contributed by atoms with Crippen LogP contribution in [0.3, 0.4) is 0 Å². The molecule has 0 aliphatic rings. The average molecular weight is 403 g/mol. The molecule has 0 saturated carbocycles. The lowest BCUT2D eigenvalue weighted by atomic mass is 10.2. The number of hydrogen-bond acceptors (Lipinski definition) is 8. The van der Waals surface area contributed by atoms with Crippen LogP contribution in [0.25, 0.3) is 22.3 Å². The van der Waals surface area contributed by atoms with Crippen molar-refractivity contribution in [2.45, 2.75) is 0 Å². The first-order valence-corrected chi connectivity index (χ1v) is 10.5. The zero-order valence-electron chi connectivity index (χ0n) is 15.3. The van der Waals surface area contributed by atoms with Crippen molar-refractivity contribution in [3.05, 3.63) is 42.7 Å². The quantitative estimate of drug-likeness (QED) is 0.459. The lowest BCUT2D eigenvalue weighted by molar-refractivity contribution is 0.0992. The van der Waals surface area contributed by atoms with E-state index in [0.717, 1.165) is 11.8 Å². The highest BCUT2D eigenvalue weighted by Crippen LogP contribution is 2.27. The van der Waals surface area contributed by atoms with Crippen LogP contribution in [-0.2, 0) is 14.8 Å². The number of rotatable bonds is 9. The summed E-state index contributed by atoms with van der Waals surface area (Å²) in [6, 6.07) is 8.73. The molecule has 10 heteroatoms. The number of aliphatic hydroxyl groups excluding tert-OH is 1. The topological polar surface area (TPSA) is 126 Å². The average Bonchev–Trinajstić information content (AvgIpc) is 2.67. The van der Waals surface area contributed by atoms with Crippen LogP contribution in [0.2, 0.25) is 0 Å². The van der Waals surface area contributed by atoms with Crippen LogP contribution in [0.4, 0.5) is 11.5 Å². The molecule has 148 valence electrons. The number of aromatic nitrogens is 3. The zero-order chi connectivity index (χ0) is 20.0. The molecule has 0 aliphatic heterocycles. The lowest BCUT2D eigenvalue weighted by Crippen LogP contribution is -2.13. The number of fused-ring (bicyclic) bond motifs is 1. The smallest absolute Gasteiger partial charge is 0.229 e. The van der Waals surface area contributed by atoms with Crippen molar-refractivity contribution in [2.24, 2.45) is 0 Å². The van der Waals surface area contributed by atoms with Gasteiger partial charge in [0.05, 0.1) is 31.6 Å². The molecule has 0 aliphatic carbocycles. The Hall–Kier alpha value is -2.82.